The molecule has 0 fully saturated rings. The fourth-order valence-electron chi connectivity index (χ4n) is 11.4. The van der Waals surface area contributed by atoms with E-state index in [0.717, 1.165) is 50.4 Å². The maximum atomic E-state index is 5.69. The van der Waals surface area contributed by atoms with Crippen LogP contribution in [0.2, 0.25) is 0 Å². The second-order valence-electron chi connectivity index (χ2n) is 17.4. The highest BCUT2D eigenvalue weighted by Gasteiger charge is 2.48. The van der Waals surface area contributed by atoms with Crippen LogP contribution in [0.4, 0.5) is 17.1 Å². The maximum absolute atomic E-state index is 5.69. The van der Waals surface area contributed by atoms with Crippen LogP contribution in [0.25, 0.3) is 44.5 Å². The zero-order valence-electron chi connectivity index (χ0n) is 36.1. The molecule has 2 aliphatic carbocycles. The number of rotatable bonds is 8. The molecule has 9 aromatic carbocycles. The lowest BCUT2D eigenvalue weighted by atomic mass is 9.67. The molecule has 0 unspecified atom stereocenters. The van der Waals surface area contributed by atoms with Gasteiger partial charge in [-0.3, -0.25) is 4.98 Å². The van der Waals surface area contributed by atoms with E-state index in [9.17, 15) is 0 Å². The molecular formula is C63H42N2O. The molecule has 0 radical (unpaired) electrons. The molecule has 0 aliphatic heterocycles. The van der Waals surface area contributed by atoms with Crippen molar-refractivity contribution in [3.05, 3.63) is 300 Å². The first-order valence-corrected chi connectivity index (χ1v) is 22.7. The quantitative estimate of drug-likeness (QED) is 0.153. The number of fused-ring (bicyclic) bond motifs is 7. The molecule has 3 heteroatoms. The Labute approximate surface area is 384 Å². The molecule has 0 bridgehead atoms. The Bertz CT molecular complexity index is 3320. The van der Waals surface area contributed by atoms with Crippen molar-refractivity contribution in [3.63, 3.8) is 0 Å². The number of furan rings is 1. The highest BCUT2D eigenvalue weighted by molar-refractivity contribution is 5.92. The molecule has 2 heterocycles. The molecule has 0 amide bonds. The van der Waals surface area contributed by atoms with Crippen LogP contribution in [0.5, 0.6) is 0 Å². The predicted octanol–water partition coefficient (Wildman–Crippen LogP) is 15.7. The topological polar surface area (TPSA) is 29.3 Å². The second kappa shape index (κ2) is 15.0. The van der Waals surface area contributed by atoms with E-state index in [4.69, 9.17) is 9.40 Å². The van der Waals surface area contributed by atoms with Gasteiger partial charge in [0.25, 0.3) is 0 Å². The average molecular weight is 843 g/mol. The lowest BCUT2D eigenvalue weighted by Gasteiger charge is -2.35. The van der Waals surface area contributed by atoms with E-state index in [-0.39, 0.29) is 0 Å². The number of benzene rings is 9. The summed E-state index contributed by atoms with van der Waals surface area (Å²) in [7, 11) is 0. The maximum Gasteiger partial charge on any atom is 0.133 e. The zero-order chi connectivity index (χ0) is 43.7. The van der Waals surface area contributed by atoms with Gasteiger partial charge in [-0.25, -0.2) is 0 Å². The van der Waals surface area contributed by atoms with Crippen molar-refractivity contribution in [1.29, 1.82) is 0 Å². The first-order chi connectivity index (χ1) is 32.7. The van der Waals surface area contributed by atoms with Crippen molar-refractivity contribution >= 4 is 28.0 Å². The van der Waals surface area contributed by atoms with Crippen LogP contribution in [0.1, 0.15) is 44.5 Å². The number of pyridine rings is 1. The molecule has 3 nitrogen and oxygen atoms in total. The van der Waals surface area contributed by atoms with Crippen LogP contribution in [-0.2, 0) is 10.8 Å². The average Bonchev–Trinajstić information content (AvgIpc) is 4.08. The third kappa shape index (κ3) is 5.53. The summed E-state index contributed by atoms with van der Waals surface area (Å²) < 4.78 is 5.69. The summed E-state index contributed by atoms with van der Waals surface area (Å²) >= 11 is 0. The number of aromatic nitrogens is 1. The van der Waals surface area contributed by atoms with Crippen LogP contribution < -0.4 is 4.90 Å². The minimum Gasteiger partial charge on any atom is -0.464 e. The summed E-state index contributed by atoms with van der Waals surface area (Å²) in [6.45, 7) is 0. The first kappa shape index (κ1) is 38.0. The molecule has 0 spiro atoms. The molecule has 66 heavy (non-hydrogen) atoms. The molecule has 310 valence electrons. The van der Waals surface area contributed by atoms with Crippen LogP contribution in [0.3, 0.4) is 0 Å². The molecule has 2 aromatic heterocycles. The van der Waals surface area contributed by atoms with Crippen molar-refractivity contribution < 1.29 is 4.42 Å². The van der Waals surface area contributed by atoms with Gasteiger partial charge in [0.1, 0.15) is 5.58 Å². The lowest BCUT2D eigenvalue weighted by molar-refractivity contribution is 0.616. The van der Waals surface area contributed by atoms with Gasteiger partial charge in [-0.05, 0) is 127 Å². The van der Waals surface area contributed by atoms with Crippen LogP contribution in [0, 0.1) is 0 Å². The van der Waals surface area contributed by atoms with E-state index in [0.29, 0.717) is 0 Å². The summed E-state index contributed by atoms with van der Waals surface area (Å²) in [4.78, 5) is 7.55. The number of hydrogen-bond donors (Lipinski definition) is 0. The normalized spacial score (nSPS) is 13.7. The number of anilines is 3. The summed E-state index contributed by atoms with van der Waals surface area (Å²) in [5, 5.41) is 1.09. The molecule has 2 aliphatic rings. The summed E-state index contributed by atoms with van der Waals surface area (Å²) in [5.41, 5.74) is 19.7. The van der Waals surface area contributed by atoms with Crippen molar-refractivity contribution in [1.82, 2.24) is 4.98 Å². The van der Waals surface area contributed by atoms with Gasteiger partial charge in [0.15, 0.2) is 0 Å². The van der Waals surface area contributed by atoms with Gasteiger partial charge in [0.05, 0.1) is 22.8 Å². The highest BCUT2D eigenvalue weighted by atomic mass is 16.3. The van der Waals surface area contributed by atoms with Crippen LogP contribution in [0.15, 0.2) is 260 Å². The third-order valence-electron chi connectivity index (χ3n) is 14.2. The van der Waals surface area contributed by atoms with Gasteiger partial charge < -0.3 is 9.32 Å². The van der Waals surface area contributed by atoms with E-state index in [2.05, 4.69) is 241 Å². The predicted molar refractivity (Wildman–Crippen MR) is 269 cm³/mol. The molecular weight excluding hydrogens is 801 g/mol. The van der Waals surface area contributed by atoms with E-state index >= 15 is 0 Å². The Hall–Kier alpha value is -8.53. The molecule has 0 saturated carbocycles. The monoisotopic (exact) mass is 842 g/mol. The standard InChI is InChI=1S/C63H42N2O/c1-5-16-46(17-6-1)62(47-18-7-2-8-19-47)56-25-14-13-24-53(56)54-34-32-51(41-58(54)62)65(50-30-27-43(28-31-50)44-29-36-60-45(40-44)37-39-66-60)52-33-35-55-59(42-52)63(48-20-9-3-10-21-48,49-22-11-4-12-23-49)57-26-15-38-64-61(55)57/h1-42H. The van der Waals surface area contributed by atoms with E-state index in [1.54, 1.807) is 6.26 Å². The summed E-state index contributed by atoms with van der Waals surface area (Å²) in [6, 6.07) is 88.9. The van der Waals surface area contributed by atoms with Gasteiger partial charge in [-0.2, -0.15) is 0 Å². The Morgan fingerprint density at radius 2 is 0.833 bits per heavy atom. The minimum atomic E-state index is -0.603. The van der Waals surface area contributed by atoms with E-state index < -0.39 is 10.8 Å². The molecule has 13 rings (SSSR count). The smallest absolute Gasteiger partial charge is 0.133 e. The van der Waals surface area contributed by atoms with Crippen molar-refractivity contribution in [3.8, 4) is 33.5 Å². The number of nitrogens with zero attached hydrogens (tertiary/aromatic N) is 2. The molecule has 0 atom stereocenters. The minimum absolute atomic E-state index is 0.549. The Kier molecular flexibility index (Phi) is 8.66. The molecule has 0 N–H and O–H groups in total. The van der Waals surface area contributed by atoms with Gasteiger partial charge in [-0.1, -0.05) is 182 Å². The Balaban J connectivity index is 1.07. The number of hydrogen-bond acceptors (Lipinski definition) is 3. The molecule has 11 aromatic rings. The summed E-state index contributed by atoms with van der Waals surface area (Å²) in [6.07, 6.45) is 3.68. The van der Waals surface area contributed by atoms with Gasteiger partial charge in [0.2, 0.25) is 0 Å². The largest absolute Gasteiger partial charge is 0.464 e. The lowest BCUT2D eigenvalue weighted by Crippen LogP contribution is -2.29. The molecule has 0 saturated heterocycles. The van der Waals surface area contributed by atoms with E-state index in [1.807, 2.05) is 12.3 Å². The van der Waals surface area contributed by atoms with Crippen LogP contribution in [-0.4, -0.2) is 4.98 Å². The third-order valence-corrected chi connectivity index (χ3v) is 14.2. The highest BCUT2D eigenvalue weighted by Crippen LogP contribution is 2.59. The Morgan fingerprint density at radius 1 is 0.348 bits per heavy atom. The fourth-order valence-corrected chi connectivity index (χ4v) is 11.4. The summed E-state index contributed by atoms with van der Waals surface area (Å²) in [5.74, 6) is 0. The zero-order valence-corrected chi connectivity index (χ0v) is 36.1. The van der Waals surface area contributed by atoms with Crippen LogP contribution >= 0.6 is 0 Å². The van der Waals surface area contributed by atoms with Gasteiger partial charge in [0, 0.05) is 34.2 Å². The van der Waals surface area contributed by atoms with E-state index in [1.165, 1.54) is 55.6 Å². The fraction of sp³-hybridized carbons (Fsp3) is 0.0317. The second-order valence-corrected chi connectivity index (χ2v) is 17.4. The Morgan fingerprint density at radius 3 is 1.45 bits per heavy atom. The van der Waals surface area contributed by atoms with Crippen molar-refractivity contribution in [2.45, 2.75) is 10.8 Å². The van der Waals surface area contributed by atoms with Crippen molar-refractivity contribution in [2.24, 2.45) is 0 Å². The SMILES string of the molecule is c1ccc(C2(c3ccccc3)c3ccccc3-c3ccc(N(c4ccc(-c5ccc6occc6c5)cc4)c4ccc5c(c4)C(c4ccccc4)(c4ccccc4)c4cccnc4-5)cc32)cc1. The van der Waals surface area contributed by atoms with Gasteiger partial charge in [-0.15, -0.1) is 0 Å². The van der Waals surface area contributed by atoms with Gasteiger partial charge >= 0.3 is 0 Å². The van der Waals surface area contributed by atoms with Crippen molar-refractivity contribution in [2.75, 3.05) is 4.90 Å². The first-order valence-electron chi connectivity index (χ1n) is 22.7.